The van der Waals surface area contributed by atoms with Crippen LogP contribution in [0.15, 0.2) is 39.8 Å². The van der Waals surface area contributed by atoms with Crippen molar-refractivity contribution in [2.45, 2.75) is 34.3 Å². The molecule has 0 spiro atoms. The highest BCUT2D eigenvalue weighted by molar-refractivity contribution is 5.97. The van der Waals surface area contributed by atoms with Gasteiger partial charge in [-0.25, -0.2) is 4.79 Å². The van der Waals surface area contributed by atoms with Crippen LogP contribution < -0.4 is 5.69 Å². The molecule has 0 saturated carbocycles. The molecule has 0 saturated heterocycles. The molecule has 1 aromatic heterocycles. The van der Waals surface area contributed by atoms with Crippen LogP contribution in [0.2, 0.25) is 0 Å². The molecule has 23 heavy (non-hydrogen) atoms. The van der Waals surface area contributed by atoms with Gasteiger partial charge < -0.3 is 4.84 Å². The van der Waals surface area contributed by atoms with Gasteiger partial charge in [-0.05, 0) is 55.3 Å². The molecule has 0 radical (unpaired) electrons. The summed E-state index contributed by atoms with van der Waals surface area (Å²) in [7, 11) is 1.56. The largest absolute Gasteiger partial charge is 0.391 e. The fourth-order valence-electron chi connectivity index (χ4n) is 2.01. The molecule has 0 atom stereocenters. The van der Waals surface area contributed by atoms with Crippen LogP contribution in [0.25, 0.3) is 5.69 Å². The van der Waals surface area contributed by atoms with Crippen molar-refractivity contribution in [3.05, 3.63) is 51.5 Å². The van der Waals surface area contributed by atoms with E-state index in [1.54, 1.807) is 7.05 Å². The zero-order valence-corrected chi connectivity index (χ0v) is 14.1. The Balaban J connectivity index is 2.33. The molecule has 7 heteroatoms. The minimum Gasteiger partial charge on any atom is -0.391 e. The van der Waals surface area contributed by atoms with Gasteiger partial charge in [0.25, 0.3) is 0 Å². The van der Waals surface area contributed by atoms with Gasteiger partial charge in [0.2, 0.25) is 0 Å². The van der Waals surface area contributed by atoms with Crippen LogP contribution in [0.5, 0.6) is 0 Å². The molecule has 0 aliphatic rings. The van der Waals surface area contributed by atoms with Crippen molar-refractivity contribution in [2.24, 2.45) is 12.2 Å². The number of allylic oxidation sites excluding steroid dienone is 2. The van der Waals surface area contributed by atoms with Crippen LogP contribution in [-0.4, -0.2) is 25.5 Å². The topological polar surface area (TPSA) is 74.3 Å². The maximum Gasteiger partial charge on any atom is 0.368 e. The number of nitrogens with zero attached hydrogens (tertiary/aromatic N) is 5. The quantitative estimate of drug-likeness (QED) is 0.626. The average Bonchev–Trinajstić information content (AvgIpc) is 2.87. The molecule has 0 amide bonds. The first kappa shape index (κ1) is 16.7. The van der Waals surface area contributed by atoms with E-state index in [4.69, 9.17) is 4.84 Å². The number of hydrogen-bond acceptors (Lipinski definition) is 5. The predicted molar refractivity (Wildman–Crippen MR) is 88.7 cm³/mol. The molecule has 2 rings (SSSR count). The monoisotopic (exact) mass is 315 g/mol. The van der Waals surface area contributed by atoms with Gasteiger partial charge in [-0.3, -0.25) is 0 Å². The fourth-order valence-corrected chi connectivity index (χ4v) is 2.01. The summed E-state index contributed by atoms with van der Waals surface area (Å²) in [6.07, 6.45) is 1.97. The maximum atomic E-state index is 12.1. The number of aromatic nitrogens is 4. The Morgan fingerprint density at radius 2 is 2.09 bits per heavy atom. The Bertz CT molecular complexity index is 814. The Kier molecular flexibility index (Phi) is 5.10. The molecule has 0 aliphatic carbocycles. The Hall–Kier alpha value is -2.70. The van der Waals surface area contributed by atoms with Crippen molar-refractivity contribution in [2.75, 3.05) is 0 Å². The molecule has 0 bridgehead atoms. The molecule has 2 aromatic rings. The van der Waals surface area contributed by atoms with Gasteiger partial charge in [-0.15, -0.1) is 0 Å². The predicted octanol–water partition coefficient (Wildman–Crippen LogP) is 2.13. The zero-order chi connectivity index (χ0) is 17.0. The summed E-state index contributed by atoms with van der Waals surface area (Å²) in [5, 5.41) is 11.7. The van der Waals surface area contributed by atoms with E-state index < -0.39 is 0 Å². The molecule has 7 nitrogen and oxygen atoms in total. The Morgan fingerprint density at radius 3 is 2.70 bits per heavy atom. The van der Waals surface area contributed by atoms with Crippen LogP contribution >= 0.6 is 0 Å². The third-order valence-electron chi connectivity index (χ3n) is 3.75. The summed E-state index contributed by atoms with van der Waals surface area (Å²) in [5.41, 5.74) is 4.07. The average molecular weight is 315 g/mol. The summed E-state index contributed by atoms with van der Waals surface area (Å²) >= 11 is 0. The third kappa shape index (κ3) is 3.56. The van der Waals surface area contributed by atoms with Gasteiger partial charge in [-0.2, -0.15) is 9.36 Å². The summed E-state index contributed by atoms with van der Waals surface area (Å²) in [6.45, 7) is 8.02. The van der Waals surface area contributed by atoms with Crippen LogP contribution in [0.4, 0.5) is 0 Å². The lowest BCUT2D eigenvalue weighted by Gasteiger charge is -2.10. The highest BCUT2D eigenvalue weighted by atomic mass is 16.6. The molecule has 1 heterocycles. The summed E-state index contributed by atoms with van der Waals surface area (Å²) < 4.78 is 2.45. The van der Waals surface area contributed by atoms with Gasteiger partial charge in [0.05, 0.1) is 11.4 Å². The van der Waals surface area contributed by atoms with Gasteiger partial charge >= 0.3 is 5.69 Å². The van der Waals surface area contributed by atoms with Gasteiger partial charge in [0.15, 0.2) is 0 Å². The third-order valence-corrected chi connectivity index (χ3v) is 3.75. The Labute approximate surface area is 134 Å². The van der Waals surface area contributed by atoms with Crippen LogP contribution in [0, 0.1) is 6.92 Å². The van der Waals surface area contributed by atoms with E-state index in [1.165, 1.54) is 9.36 Å². The lowest BCUT2D eigenvalue weighted by Crippen LogP contribution is -2.23. The normalized spacial score (nSPS) is 12.6. The van der Waals surface area contributed by atoms with Crippen molar-refractivity contribution >= 4 is 5.71 Å². The van der Waals surface area contributed by atoms with Crippen molar-refractivity contribution < 1.29 is 4.84 Å². The first-order valence-electron chi connectivity index (χ1n) is 7.33. The lowest BCUT2D eigenvalue weighted by atomic mass is 10.1. The number of benzene rings is 1. The van der Waals surface area contributed by atoms with E-state index >= 15 is 0 Å². The number of aryl methyl sites for hydroxylation is 2. The SMILES string of the molecule is CC=C(C)C(C)=NOCc1c(C)cccc1-n1nnn(C)c1=O. The van der Waals surface area contributed by atoms with Crippen molar-refractivity contribution in [1.82, 2.24) is 19.8 Å². The standard InChI is InChI=1S/C16H21N5O2/c1-6-11(2)13(4)17-23-10-14-12(3)8-7-9-15(14)21-16(22)20(5)18-19-21/h6-9H,10H2,1-5H3. The summed E-state index contributed by atoms with van der Waals surface area (Å²) in [6, 6.07) is 5.64. The van der Waals surface area contributed by atoms with E-state index in [0.717, 1.165) is 22.4 Å². The number of hydrogen-bond donors (Lipinski definition) is 0. The van der Waals surface area contributed by atoms with Crippen molar-refractivity contribution in [3.63, 3.8) is 0 Å². The smallest absolute Gasteiger partial charge is 0.368 e. The second kappa shape index (κ2) is 7.04. The van der Waals surface area contributed by atoms with Gasteiger partial charge in [0, 0.05) is 12.6 Å². The van der Waals surface area contributed by atoms with E-state index in [0.29, 0.717) is 5.69 Å². The molecule has 0 N–H and O–H groups in total. The molecule has 1 aromatic carbocycles. The van der Waals surface area contributed by atoms with Crippen LogP contribution in [0.3, 0.4) is 0 Å². The summed E-state index contributed by atoms with van der Waals surface area (Å²) in [5.74, 6) is 0. The van der Waals surface area contributed by atoms with Gasteiger partial charge in [0.1, 0.15) is 6.61 Å². The molecular formula is C16H21N5O2. The van der Waals surface area contributed by atoms with Crippen molar-refractivity contribution in [3.8, 4) is 5.69 Å². The van der Waals surface area contributed by atoms with E-state index in [9.17, 15) is 4.79 Å². The highest BCUT2D eigenvalue weighted by Crippen LogP contribution is 2.18. The maximum absolute atomic E-state index is 12.1. The minimum absolute atomic E-state index is 0.249. The fraction of sp³-hybridized carbons (Fsp3) is 0.375. The molecule has 0 aliphatic heterocycles. The molecule has 0 unspecified atom stereocenters. The first-order valence-corrected chi connectivity index (χ1v) is 7.33. The first-order chi connectivity index (χ1) is 11.0. The zero-order valence-electron chi connectivity index (χ0n) is 14.1. The lowest BCUT2D eigenvalue weighted by molar-refractivity contribution is 0.130. The van der Waals surface area contributed by atoms with Crippen molar-refractivity contribution in [1.29, 1.82) is 0 Å². The van der Waals surface area contributed by atoms with E-state index in [1.807, 2.05) is 52.0 Å². The van der Waals surface area contributed by atoms with E-state index in [2.05, 4.69) is 15.6 Å². The number of oxime groups is 1. The van der Waals surface area contributed by atoms with Gasteiger partial charge in [-0.1, -0.05) is 23.4 Å². The second-order valence-corrected chi connectivity index (χ2v) is 5.29. The molecule has 122 valence electrons. The number of rotatable bonds is 5. The molecular weight excluding hydrogens is 294 g/mol. The second-order valence-electron chi connectivity index (χ2n) is 5.29. The van der Waals surface area contributed by atoms with Crippen LogP contribution in [0.1, 0.15) is 31.9 Å². The Morgan fingerprint density at radius 1 is 1.35 bits per heavy atom. The van der Waals surface area contributed by atoms with Crippen LogP contribution in [-0.2, 0) is 18.5 Å². The summed E-state index contributed by atoms with van der Waals surface area (Å²) in [4.78, 5) is 17.5. The minimum atomic E-state index is -0.304. The van der Waals surface area contributed by atoms with E-state index in [-0.39, 0.29) is 12.3 Å². The number of tetrazole rings is 1. The molecule has 0 fully saturated rings. The highest BCUT2D eigenvalue weighted by Gasteiger charge is 2.13.